The molecule has 0 unspecified atom stereocenters. The number of rotatable bonds is 9. The van der Waals surface area contributed by atoms with Crippen LogP contribution in [0.5, 0.6) is 23.0 Å². The minimum atomic E-state index is -1.12. The van der Waals surface area contributed by atoms with Crippen LogP contribution in [0.4, 0.5) is 0 Å². The van der Waals surface area contributed by atoms with Crippen molar-refractivity contribution < 1.29 is 28.8 Å². The number of H-pyrrole nitrogens is 1. The van der Waals surface area contributed by atoms with E-state index in [-0.39, 0.29) is 10.1 Å². The standard InChI is InChI=1S/C21H21N3O6S/c1-27-14-8-13(9-15(11-14)28-2)19-22-21(24-23-19)31-17(20(25)26)10-12-6-5-7-16(29-3)18(12)30-4/h5-11H,1-4H3,(H,25,26)(H,22,23,24)/b17-10-. The molecule has 2 N–H and O–H groups in total. The molecule has 162 valence electrons. The molecule has 0 fully saturated rings. The summed E-state index contributed by atoms with van der Waals surface area (Å²) in [6.45, 7) is 0. The summed E-state index contributed by atoms with van der Waals surface area (Å²) in [4.78, 5) is 16.3. The number of para-hydroxylation sites is 1. The molecule has 3 rings (SSSR count). The number of carboxylic acids is 1. The maximum atomic E-state index is 11.8. The Hall–Kier alpha value is -3.66. The molecule has 9 nitrogen and oxygen atoms in total. The zero-order valence-corrected chi connectivity index (χ0v) is 18.1. The molecule has 0 spiro atoms. The summed E-state index contributed by atoms with van der Waals surface area (Å²) in [5.74, 6) is 1.45. The van der Waals surface area contributed by atoms with Crippen LogP contribution in [0.2, 0.25) is 0 Å². The predicted octanol–water partition coefficient (Wildman–Crippen LogP) is 3.72. The third-order valence-electron chi connectivity index (χ3n) is 4.22. The number of carboxylic acid groups (broad SMARTS) is 1. The average Bonchev–Trinajstić information content (AvgIpc) is 3.26. The molecule has 0 bridgehead atoms. The summed E-state index contributed by atoms with van der Waals surface area (Å²) in [7, 11) is 6.11. The summed E-state index contributed by atoms with van der Waals surface area (Å²) in [6.07, 6.45) is 1.49. The number of nitrogens with one attached hydrogen (secondary N) is 1. The summed E-state index contributed by atoms with van der Waals surface area (Å²) >= 11 is 0.909. The summed E-state index contributed by atoms with van der Waals surface area (Å²) in [5, 5.41) is 16.9. The number of nitrogens with zero attached hydrogens (tertiary/aromatic N) is 2. The van der Waals surface area contributed by atoms with E-state index in [9.17, 15) is 9.90 Å². The van der Waals surface area contributed by atoms with E-state index in [4.69, 9.17) is 18.9 Å². The van der Waals surface area contributed by atoms with Gasteiger partial charge in [0, 0.05) is 17.2 Å². The van der Waals surface area contributed by atoms with Crippen LogP contribution >= 0.6 is 11.8 Å². The van der Waals surface area contributed by atoms with E-state index < -0.39 is 5.97 Å². The van der Waals surface area contributed by atoms with Gasteiger partial charge in [0.05, 0.1) is 28.4 Å². The third-order valence-corrected chi connectivity index (χ3v) is 5.10. The highest BCUT2D eigenvalue weighted by molar-refractivity contribution is 8.04. The second-order valence-corrected chi connectivity index (χ2v) is 7.08. The topological polar surface area (TPSA) is 116 Å². The zero-order valence-electron chi connectivity index (χ0n) is 17.3. The van der Waals surface area contributed by atoms with Crippen molar-refractivity contribution in [2.24, 2.45) is 0 Å². The highest BCUT2D eigenvalue weighted by atomic mass is 32.2. The maximum absolute atomic E-state index is 11.8. The highest BCUT2D eigenvalue weighted by Crippen LogP contribution is 2.35. The van der Waals surface area contributed by atoms with E-state index in [2.05, 4.69) is 15.2 Å². The lowest BCUT2D eigenvalue weighted by molar-refractivity contribution is -0.131. The molecule has 1 aromatic heterocycles. The Morgan fingerprint density at radius 1 is 1.03 bits per heavy atom. The second-order valence-electron chi connectivity index (χ2n) is 6.07. The zero-order chi connectivity index (χ0) is 22.4. The SMILES string of the molecule is COc1cc(OC)cc(-c2nc(S/C(=C\c3cccc(OC)c3OC)C(=O)O)n[nH]2)c1. The van der Waals surface area contributed by atoms with E-state index in [0.717, 1.165) is 11.8 Å². The largest absolute Gasteiger partial charge is 0.497 e. The Morgan fingerprint density at radius 3 is 2.32 bits per heavy atom. The number of ether oxygens (including phenoxy) is 4. The van der Waals surface area contributed by atoms with Crippen LogP contribution in [0.25, 0.3) is 17.5 Å². The number of aliphatic carboxylic acids is 1. The summed E-state index contributed by atoms with van der Waals surface area (Å²) in [5.41, 5.74) is 1.24. The van der Waals surface area contributed by atoms with Crippen molar-refractivity contribution in [1.29, 1.82) is 0 Å². The van der Waals surface area contributed by atoms with Gasteiger partial charge >= 0.3 is 5.97 Å². The predicted molar refractivity (Wildman–Crippen MR) is 116 cm³/mol. The monoisotopic (exact) mass is 443 g/mol. The molecule has 31 heavy (non-hydrogen) atoms. The molecule has 0 saturated heterocycles. The van der Waals surface area contributed by atoms with Crippen LogP contribution in [0, 0.1) is 0 Å². The number of thioether (sulfide) groups is 1. The Kier molecular flexibility index (Phi) is 7.03. The van der Waals surface area contributed by atoms with Gasteiger partial charge in [0.1, 0.15) is 16.4 Å². The van der Waals surface area contributed by atoms with Gasteiger partial charge in [-0.2, -0.15) is 0 Å². The van der Waals surface area contributed by atoms with Crippen LogP contribution in [-0.4, -0.2) is 54.7 Å². The van der Waals surface area contributed by atoms with Crippen LogP contribution in [0.1, 0.15) is 5.56 Å². The van der Waals surface area contributed by atoms with E-state index >= 15 is 0 Å². The molecule has 0 aliphatic carbocycles. The number of benzene rings is 2. The van der Waals surface area contributed by atoms with E-state index in [1.807, 2.05) is 0 Å². The molecule has 0 atom stereocenters. The Labute approximate surface area is 183 Å². The Bertz CT molecular complexity index is 1090. The maximum Gasteiger partial charge on any atom is 0.342 e. The first-order valence-electron chi connectivity index (χ1n) is 8.98. The van der Waals surface area contributed by atoms with Gasteiger partial charge in [0.2, 0.25) is 5.16 Å². The first-order chi connectivity index (χ1) is 15.0. The molecule has 0 amide bonds. The van der Waals surface area contributed by atoms with Gasteiger partial charge in [-0.25, -0.2) is 9.78 Å². The molecule has 3 aromatic rings. The van der Waals surface area contributed by atoms with Gasteiger partial charge in [-0.1, -0.05) is 12.1 Å². The quantitative estimate of drug-likeness (QED) is 0.377. The molecule has 0 aliphatic heterocycles. The molecule has 2 aromatic carbocycles. The van der Waals surface area contributed by atoms with Crippen molar-refractivity contribution in [3.63, 3.8) is 0 Å². The number of aromatic nitrogens is 3. The number of hydrogen-bond acceptors (Lipinski definition) is 8. The van der Waals surface area contributed by atoms with Gasteiger partial charge in [0.25, 0.3) is 0 Å². The van der Waals surface area contributed by atoms with Crippen molar-refractivity contribution in [3.05, 3.63) is 46.9 Å². The first kappa shape index (κ1) is 22.0. The fourth-order valence-corrected chi connectivity index (χ4v) is 3.46. The van der Waals surface area contributed by atoms with E-state index in [1.54, 1.807) is 50.6 Å². The molecule has 0 radical (unpaired) electrons. The van der Waals surface area contributed by atoms with Crippen LogP contribution in [0.3, 0.4) is 0 Å². The molecular weight excluding hydrogens is 422 g/mol. The van der Waals surface area contributed by atoms with Crippen molar-refractivity contribution in [3.8, 4) is 34.4 Å². The minimum Gasteiger partial charge on any atom is -0.497 e. The van der Waals surface area contributed by atoms with Gasteiger partial charge in [-0.05, 0) is 36.0 Å². The lowest BCUT2D eigenvalue weighted by atomic mass is 10.1. The minimum absolute atomic E-state index is 0.0142. The second kappa shape index (κ2) is 9.90. The van der Waals surface area contributed by atoms with Gasteiger partial charge in [-0.3, -0.25) is 5.10 Å². The number of hydrogen-bond donors (Lipinski definition) is 2. The molecular formula is C21H21N3O6S. The number of carbonyl (C=O) groups is 1. The van der Waals surface area contributed by atoms with Crippen molar-refractivity contribution >= 4 is 23.8 Å². The molecule has 1 heterocycles. The fraction of sp³-hybridized carbons (Fsp3) is 0.190. The lowest BCUT2D eigenvalue weighted by Crippen LogP contribution is -1.99. The van der Waals surface area contributed by atoms with E-state index in [1.165, 1.54) is 20.3 Å². The van der Waals surface area contributed by atoms with Gasteiger partial charge in [0.15, 0.2) is 17.3 Å². The van der Waals surface area contributed by atoms with Crippen molar-refractivity contribution in [2.45, 2.75) is 5.16 Å². The number of aromatic amines is 1. The van der Waals surface area contributed by atoms with Gasteiger partial charge < -0.3 is 24.1 Å². The van der Waals surface area contributed by atoms with Crippen molar-refractivity contribution in [2.75, 3.05) is 28.4 Å². The third kappa shape index (κ3) is 5.10. The highest BCUT2D eigenvalue weighted by Gasteiger charge is 2.17. The molecule has 0 saturated carbocycles. The van der Waals surface area contributed by atoms with Crippen molar-refractivity contribution in [1.82, 2.24) is 15.2 Å². The van der Waals surface area contributed by atoms with Gasteiger partial charge in [-0.15, -0.1) is 5.10 Å². The molecule has 0 aliphatic rings. The summed E-state index contributed by atoms with van der Waals surface area (Å²) in [6, 6.07) is 10.5. The average molecular weight is 443 g/mol. The number of methoxy groups -OCH3 is 4. The van der Waals surface area contributed by atoms with E-state index in [0.29, 0.717) is 39.9 Å². The normalized spacial score (nSPS) is 11.2. The van der Waals surface area contributed by atoms with Crippen LogP contribution in [-0.2, 0) is 4.79 Å². The lowest BCUT2D eigenvalue weighted by Gasteiger charge is -2.10. The fourth-order valence-electron chi connectivity index (χ4n) is 2.77. The molecule has 10 heteroatoms. The Morgan fingerprint density at radius 2 is 1.74 bits per heavy atom. The van der Waals surface area contributed by atoms with Crippen LogP contribution < -0.4 is 18.9 Å². The summed E-state index contributed by atoms with van der Waals surface area (Å²) < 4.78 is 21.2. The smallest absolute Gasteiger partial charge is 0.342 e. The van der Waals surface area contributed by atoms with Crippen LogP contribution in [0.15, 0.2) is 46.5 Å². The Balaban J connectivity index is 1.92. The first-order valence-corrected chi connectivity index (χ1v) is 9.80.